The molecule has 2 fully saturated rings. The summed E-state index contributed by atoms with van der Waals surface area (Å²) in [6.07, 6.45) is -0.686. The van der Waals surface area contributed by atoms with Gasteiger partial charge in [-0.2, -0.15) is 17.7 Å². The number of nitrogens with zero attached hydrogens (tertiary/aromatic N) is 3. The van der Waals surface area contributed by atoms with Crippen molar-refractivity contribution < 1.29 is 74.3 Å². The fourth-order valence-corrected chi connectivity index (χ4v) is 5.25. The number of aromatic nitrogens is 2. The number of phosphoric ester groups is 1. The molecule has 2 N–H and O–H groups in total. The number of hydrogen-bond donors (Lipinski definition) is 2. The monoisotopic (exact) mass is 705 g/mol. The number of carbonyl (C=O) groups excluding carboxylic acids is 2. The van der Waals surface area contributed by atoms with E-state index in [1.54, 1.807) is 53.2 Å². The van der Waals surface area contributed by atoms with Gasteiger partial charge in [0.1, 0.15) is 24.0 Å². The van der Waals surface area contributed by atoms with E-state index in [-0.39, 0.29) is 25.7 Å². The maximum atomic E-state index is 14.0. The van der Waals surface area contributed by atoms with E-state index in [4.69, 9.17) is 33.9 Å². The van der Waals surface area contributed by atoms with Crippen LogP contribution in [0, 0.1) is 18.6 Å². The number of fused-ring (bicyclic) bond motifs is 1. The number of hydrogen-bond acceptors (Lipinski definition) is 8. The fourth-order valence-electron chi connectivity index (χ4n) is 4.98. The van der Waals surface area contributed by atoms with Crippen molar-refractivity contribution in [3.63, 3.8) is 0 Å². The summed E-state index contributed by atoms with van der Waals surface area (Å²) in [5, 5.41) is 8.78. The fraction of sp³-hybridized carbons (Fsp3) is 0.345. The molecular formula is C29H29F5N3O10P. The number of amides is 1. The van der Waals surface area contributed by atoms with Crippen LogP contribution in [-0.2, 0) is 34.9 Å². The van der Waals surface area contributed by atoms with Crippen molar-refractivity contribution in [3.05, 3.63) is 83.1 Å². The van der Waals surface area contributed by atoms with Crippen LogP contribution >= 0.6 is 7.82 Å². The van der Waals surface area contributed by atoms with E-state index in [0.717, 1.165) is 12.1 Å². The van der Waals surface area contributed by atoms with E-state index in [0.29, 0.717) is 28.3 Å². The van der Waals surface area contributed by atoms with Crippen LogP contribution in [-0.4, -0.2) is 69.8 Å². The lowest BCUT2D eigenvalue weighted by atomic mass is 9.97. The maximum Gasteiger partial charge on any atom is 0.472 e. The highest BCUT2D eigenvalue weighted by Gasteiger charge is 2.45. The summed E-state index contributed by atoms with van der Waals surface area (Å²) < 4.78 is 95.3. The van der Waals surface area contributed by atoms with Gasteiger partial charge in [-0.05, 0) is 48.4 Å². The molecule has 13 nitrogen and oxygen atoms in total. The molecule has 0 aliphatic carbocycles. The second-order valence-electron chi connectivity index (χ2n) is 10.6. The zero-order valence-electron chi connectivity index (χ0n) is 25.4. The van der Waals surface area contributed by atoms with Crippen LogP contribution in [0.25, 0.3) is 11.8 Å². The first-order chi connectivity index (χ1) is 22.4. The number of carbonyl (C=O) groups is 2. The van der Waals surface area contributed by atoms with E-state index in [9.17, 15) is 31.3 Å². The predicted octanol–water partition coefficient (Wildman–Crippen LogP) is 2.45. The molecule has 1 aromatic heterocycles. The molecule has 3 heterocycles. The average Bonchev–Trinajstić information content (AvgIpc) is 3.39. The van der Waals surface area contributed by atoms with Gasteiger partial charge in [0.15, 0.2) is 28.8 Å². The Morgan fingerprint density at radius 3 is 2.46 bits per heavy atom. The Morgan fingerprint density at radius 2 is 1.85 bits per heavy atom. The van der Waals surface area contributed by atoms with Crippen LogP contribution in [0.5, 0.6) is 5.75 Å². The Balaban J connectivity index is 0.000000671. The van der Waals surface area contributed by atoms with Crippen LogP contribution in [0.1, 0.15) is 29.8 Å². The summed E-state index contributed by atoms with van der Waals surface area (Å²) in [6.45, 7) is 3.61. The third-order valence-electron chi connectivity index (χ3n) is 7.30. The van der Waals surface area contributed by atoms with E-state index in [2.05, 4.69) is 4.52 Å². The summed E-state index contributed by atoms with van der Waals surface area (Å²) in [5.41, 5.74) is 2.34. The Kier molecular flexibility index (Phi) is 11.0. The second-order valence-corrected chi connectivity index (χ2v) is 11.8. The molecule has 2 aliphatic rings. The van der Waals surface area contributed by atoms with Crippen LogP contribution in [0.4, 0.5) is 22.0 Å². The van der Waals surface area contributed by atoms with Crippen LogP contribution < -0.4 is 14.4 Å². The number of aliphatic carboxylic acids is 1. The minimum absolute atomic E-state index is 0.0854. The Hall–Kier alpha value is -4.35. The number of morpholine rings is 2. The number of rotatable bonds is 7. The molecule has 0 bridgehead atoms. The lowest BCUT2D eigenvalue weighted by Crippen LogP contribution is -2.59. The van der Waals surface area contributed by atoms with Crippen LogP contribution in [0.2, 0.25) is 0 Å². The molecule has 2 aliphatic heterocycles. The van der Waals surface area contributed by atoms with Crippen molar-refractivity contribution in [1.29, 1.82) is 0 Å². The predicted molar refractivity (Wildman–Crippen MR) is 151 cm³/mol. The highest BCUT2D eigenvalue weighted by molar-refractivity contribution is 7.46. The number of imidazole rings is 1. The van der Waals surface area contributed by atoms with Gasteiger partial charge in [-0.15, -0.1) is 0 Å². The highest BCUT2D eigenvalue weighted by Crippen LogP contribution is 2.37. The van der Waals surface area contributed by atoms with Gasteiger partial charge in [0, 0.05) is 6.92 Å². The third kappa shape index (κ3) is 8.56. The molecule has 2 saturated heterocycles. The van der Waals surface area contributed by atoms with Crippen molar-refractivity contribution in [2.45, 2.75) is 44.9 Å². The molecule has 5 rings (SSSR count). The number of methoxy groups -OCH3 is 1. The van der Waals surface area contributed by atoms with Gasteiger partial charge in [-0.25, -0.2) is 22.4 Å². The molecule has 48 heavy (non-hydrogen) atoms. The standard InChI is InChI=1S/C27H28F2N3O8P.C2HF3O2/c1-16-11-30(14-31(16)15-39-41(34,35)36)22-7-4-18(8-25(22)37-3)9-26-27(33)32-23(17(2)40-26)12-38-13-24(32)19-5-6-20(28)21(29)10-19;3-2(4,5)1(6)7/h4-11,14,17,23-24H,12-13,15H2,1-3H3,(H-,34,35,36);(H,6,7)/b26-9-;/t17-,23+,24-;/m0./s1. The lowest BCUT2D eigenvalue weighted by Gasteiger charge is -2.47. The van der Waals surface area contributed by atoms with Crippen molar-refractivity contribution in [3.8, 4) is 11.4 Å². The molecular weight excluding hydrogens is 676 g/mol. The zero-order chi connectivity index (χ0) is 35.6. The van der Waals surface area contributed by atoms with Crippen molar-refractivity contribution in [1.82, 2.24) is 9.47 Å². The highest BCUT2D eigenvalue weighted by atomic mass is 31.2. The molecule has 0 unspecified atom stereocenters. The molecule has 3 aromatic rings. The molecule has 2 aromatic carbocycles. The minimum atomic E-state index is -5.19. The van der Waals surface area contributed by atoms with E-state index >= 15 is 0 Å². The van der Waals surface area contributed by atoms with Gasteiger partial charge < -0.3 is 38.8 Å². The number of ether oxygens (including phenoxy) is 3. The molecule has 0 spiro atoms. The topological polar surface area (TPSA) is 164 Å². The number of phosphoric acid groups is 1. The molecule has 0 radical (unpaired) electrons. The zero-order valence-corrected chi connectivity index (χ0v) is 26.3. The quantitative estimate of drug-likeness (QED) is 0.162. The average molecular weight is 706 g/mol. The number of carboxylic acids is 1. The van der Waals surface area contributed by atoms with Gasteiger partial charge in [-0.3, -0.25) is 4.79 Å². The summed E-state index contributed by atoms with van der Waals surface area (Å²) in [6, 6.07) is 7.76. The summed E-state index contributed by atoms with van der Waals surface area (Å²) >= 11 is 0. The van der Waals surface area contributed by atoms with E-state index in [1.807, 2.05) is 6.92 Å². The number of aryl methyl sites for hydroxylation is 1. The largest absolute Gasteiger partial charge is 0.542 e. The van der Waals surface area contributed by atoms with Crippen molar-refractivity contribution >= 4 is 25.8 Å². The molecule has 0 saturated carbocycles. The Bertz CT molecular complexity index is 1760. The summed E-state index contributed by atoms with van der Waals surface area (Å²) in [4.78, 5) is 42.1. The van der Waals surface area contributed by atoms with Crippen molar-refractivity contribution in [2.24, 2.45) is 0 Å². The minimum Gasteiger partial charge on any atom is -0.542 e. The Labute approximate surface area is 269 Å². The molecule has 1 amide bonds. The molecule has 19 heteroatoms. The number of benzene rings is 2. The SMILES string of the molecule is COc1cc(/C=C2\O[C@@H](C)[C@H]3COC[C@@H](c4ccc(F)c(F)c4)N3C2=O)ccc1-[n+]1cc(C)n(COP(=O)(O)O)c1.O=C([O-])C(F)(F)F. The summed E-state index contributed by atoms with van der Waals surface area (Å²) in [7, 11) is -3.15. The first-order valence-electron chi connectivity index (χ1n) is 13.9. The van der Waals surface area contributed by atoms with Gasteiger partial charge in [-0.1, -0.05) is 12.1 Å². The third-order valence-corrected chi connectivity index (χ3v) is 7.76. The first-order valence-corrected chi connectivity index (χ1v) is 15.4. The number of carboxylic acid groups (broad SMARTS) is 1. The van der Waals surface area contributed by atoms with Crippen molar-refractivity contribution in [2.75, 3.05) is 20.3 Å². The molecule has 3 atom stereocenters. The normalized spacial score (nSPS) is 20.5. The lowest BCUT2D eigenvalue weighted by molar-refractivity contribution is -0.596. The molecule has 260 valence electrons. The Morgan fingerprint density at radius 1 is 1.17 bits per heavy atom. The second kappa shape index (κ2) is 14.4. The first kappa shape index (κ1) is 36.5. The van der Waals surface area contributed by atoms with Gasteiger partial charge >= 0.3 is 14.0 Å². The van der Waals surface area contributed by atoms with E-state index < -0.39 is 55.7 Å². The maximum absolute atomic E-state index is 14.0. The summed E-state index contributed by atoms with van der Waals surface area (Å²) in [5.74, 6) is -4.84. The van der Waals surface area contributed by atoms with E-state index in [1.165, 1.54) is 17.7 Å². The smallest absolute Gasteiger partial charge is 0.472 e. The number of halogens is 5. The van der Waals surface area contributed by atoms with Crippen LogP contribution in [0.3, 0.4) is 0 Å². The number of alkyl halides is 3. The van der Waals surface area contributed by atoms with Gasteiger partial charge in [0.25, 0.3) is 12.2 Å². The van der Waals surface area contributed by atoms with Gasteiger partial charge in [0.2, 0.25) is 6.73 Å². The van der Waals surface area contributed by atoms with Crippen LogP contribution in [0.15, 0.2) is 54.7 Å². The van der Waals surface area contributed by atoms with Gasteiger partial charge in [0.05, 0.1) is 32.4 Å².